The van der Waals surface area contributed by atoms with E-state index >= 15 is 0 Å². The zero-order valence-corrected chi connectivity index (χ0v) is 16.4. The van der Waals surface area contributed by atoms with Crippen LogP contribution < -0.4 is 14.8 Å². The fraction of sp³-hybridized carbons (Fsp3) is 0.526. The molecule has 0 bridgehead atoms. The highest BCUT2D eigenvalue weighted by atomic mass is 32.1. The van der Waals surface area contributed by atoms with Gasteiger partial charge in [0, 0.05) is 12.6 Å². The van der Waals surface area contributed by atoms with E-state index in [1.165, 1.54) is 17.8 Å². The van der Waals surface area contributed by atoms with Crippen molar-refractivity contribution < 1.29 is 14.3 Å². The lowest BCUT2D eigenvalue weighted by Crippen LogP contribution is -2.48. The molecule has 0 radical (unpaired) electrons. The first-order valence-corrected chi connectivity index (χ1v) is 10.2. The van der Waals surface area contributed by atoms with Crippen molar-refractivity contribution in [3.05, 3.63) is 29.3 Å². The lowest BCUT2D eigenvalue weighted by atomic mass is 9.77. The summed E-state index contributed by atoms with van der Waals surface area (Å²) in [6.07, 6.45) is 3.37. The second-order valence-electron chi connectivity index (χ2n) is 7.32. The Morgan fingerprint density at radius 3 is 2.96 bits per heavy atom. The summed E-state index contributed by atoms with van der Waals surface area (Å²) >= 11 is 1.32. The number of carbonyl (C=O) groups excluding carboxylic acids is 1. The molecule has 1 fully saturated rings. The highest BCUT2D eigenvalue weighted by Crippen LogP contribution is 2.36. The van der Waals surface area contributed by atoms with Gasteiger partial charge in [-0.2, -0.15) is 0 Å². The van der Waals surface area contributed by atoms with E-state index < -0.39 is 0 Å². The first kappa shape index (κ1) is 18.0. The van der Waals surface area contributed by atoms with Crippen LogP contribution in [-0.2, 0) is 6.54 Å². The maximum absolute atomic E-state index is 13.1. The minimum atomic E-state index is -0.129. The van der Waals surface area contributed by atoms with Gasteiger partial charge >= 0.3 is 6.03 Å². The maximum atomic E-state index is 13.1. The maximum Gasteiger partial charge on any atom is 0.324 e. The van der Waals surface area contributed by atoms with Crippen LogP contribution in [0.3, 0.4) is 0 Å². The Labute approximate surface area is 162 Å². The highest BCUT2D eigenvalue weighted by Gasteiger charge is 2.34. The Morgan fingerprint density at radius 1 is 1.30 bits per heavy atom. The van der Waals surface area contributed by atoms with E-state index in [-0.39, 0.29) is 18.9 Å². The number of carbonyl (C=O) groups is 1. The topological polar surface area (TPSA) is 76.6 Å². The molecule has 144 valence electrons. The normalized spacial score (nSPS) is 23.9. The molecule has 1 saturated carbocycles. The standard InChI is InChI=1S/C19H24N4O3S/c1-12-4-3-5-15(13(12)2)23(19(24)21-18-22-20-10-27-18)9-14-6-7-16-17(8-14)26-11-25-16/h6-8,10,12-13,15H,3-5,9,11H2,1-2H3,(H,21,22,24). The molecule has 2 amide bonds. The molecule has 27 heavy (non-hydrogen) atoms. The number of fused-ring (bicyclic) bond motifs is 1. The number of urea groups is 1. The zero-order chi connectivity index (χ0) is 18.8. The number of anilines is 1. The predicted molar refractivity (Wildman–Crippen MR) is 103 cm³/mol. The Bertz CT molecular complexity index is 798. The smallest absolute Gasteiger partial charge is 0.324 e. The minimum Gasteiger partial charge on any atom is -0.454 e. The molecule has 2 aliphatic rings. The third kappa shape index (κ3) is 3.85. The molecule has 0 saturated heterocycles. The average molecular weight is 388 g/mol. The zero-order valence-electron chi connectivity index (χ0n) is 15.6. The Hall–Kier alpha value is -2.35. The largest absolute Gasteiger partial charge is 0.454 e. The Morgan fingerprint density at radius 2 is 2.15 bits per heavy atom. The van der Waals surface area contributed by atoms with Crippen LogP contribution in [0.25, 0.3) is 0 Å². The van der Waals surface area contributed by atoms with Crippen LogP contribution in [0.4, 0.5) is 9.93 Å². The van der Waals surface area contributed by atoms with Crippen LogP contribution in [0.5, 0.6) is 11.5 Å². The molecule has 3 unspecified atom stereocenters. The molecule has 2 aromatic rings. The number of ether oxygens (including phenoxy) is 2. The third-order valence-corrected chi connectivity index (χ3v) is 6.30. The van der Waals surface area contributed by atoms with Gasteiger partial charge in [-0.25, -0.2) is 4.79 Å². The summed E-state index contributed by atoms with van der Waals surface area (Å²) in [6, 6.07) is 5.92. The molecule has 0 spiro atoms. The predicted octanol–water partition coefficient (Wildman–Crippen LogP) is 4.13. The summed E-state index contributed by atoms with van der Waals surface area (Å²) in [5.74, 6) is 2.52. The van der Waals surface area contributed by atoms with E-state index in [0.29, 0.717) is 23.5 Å². The second-order valence-corrected chi connectivity index (χ2v) is 8.16. The number of hydrogen-bond donors (Lipinski definition) is 1. The van der Waals surface area contributed by atoms with E-state index in [9.17, 15) is 4.79 Å². The lowest BCUT2D eigenvalue weighted by molar-refractivity contribution is 0.102. The van der Waals surface area contributed by atoms with Crippen molar-refractivity contribution in [3.8, 4) is 11.5 Å². The van der Waals surface area contributed by atoms with Crippen molar-refractivity contribution in [2.45, 2.75) is 45.7 Å². The van der Waals surface area contributed by atoms with E-state index in [0.717, 1.165) is 29.9 Å². The molecule has 1 N–H and O–H groups in total. The van der Waals surface area contributed by atoms with Crippen LogP contribution in [-0.4, -0.2) is 34.0 Å². The minimum absolute atomic E-state index is 0.129. The average Bonchev–Trinajstić information content (AvgIpc) is 3.33. The van der Waals surface area contributed by atoms with Gasteiger partial charge in [0.2, 0.25) is 11.9 Å². The second kappa shape index (κ2) is 7.72. The molecule has 3 atom stereocenters. The van der Waals surface area contributed by atoms with Crippen LogP contribution in [0.1, 0.15) is 38.7 Å². The fourth-order valence-electron chi connectivity index (χ4n) is 3.96. The molecule has 1 aromatic heterocycles. The van der Waals surface area contributed by atoms with E-state index in [1.807, 2.05) is 23.1 Å². The van der Waals surface area contributed by atoms with Crippen molar-refractivity contribution in [3.63, 3.8) is 0 Å². The summed E-state index contributed by atoms with van der Waals surface area (Å²) in [7, 11) is 0. The number of amides is 2. The quantitative estimate of drug-likeness (QED) is 0.852. The van der Waals surface area contributed by atoms with E-state index in [4.69, 9.17) is 9.47 Å². The van der Waals surface area contributed by atoms with Crippen LogP contribution >= 0.6 is 11.3 Å². The van der Waals surface area contributed by atoms with E-state index in [1.54, 1.807) is 5.51 Å². The monoisotopic (exact) mass is 388 g/mol. The summed E-state index contributed by atoms with van der Waals surface area (Å²) in [5.41, 5.74) is 2.64. The summed E-state index contributed by atoms with van der Waals surface area (Å²) in [6.45, 7) is 5.29. The van der Waals surface area contributed by atoms with Gasteiger partial charge in [-0.1, -0.05) is 44.1 Å². The molecule has 1 aromatic carbocycles. The van der Waals surface area contributed by atoms with Gasteiger partial charge in [0.25, 0.3) is 0 Å². The molecular weight excluding hydrogens is 364 g/mol. The number of hydrogen-bond acceptors (Lipinski definition) is 6. The Kier molecular flexibility index (Phi) is 5.15. The van der Waals surface area contributed by atoms with Crippen LogP contribution in [0.15, 0.2) is 23.7 Å². The molecule has 2 heterocycles. The number of nitrogens with zero attached hydrogens (tertiary/aromatic N) is 3. The molecule has 8 heteroatoms. The number of nitrogens with one attached hydrogen (secondary N) is 1. The van der Waals surface area contributed by atoms with Gasteiger partial charge in [-0.05, 0) is 36.0 Å². The first-order valence-electron chi connectivity index (χ1n) is 9.34. The summed E-state index contributed by atoms with van der Waals surface area (Å²) in [4.78, 5) is 15.0. The number of aromatic nitrogens is 2. The number of rotatable bonds is 4. The lowest BCUT2D eigenvalue weighted by Gasteiger charge is -2.41. The van der Waals surface area contributed by atoms with Crippen LogP contribution in [0.2, 0.25) is 0 Å². The molecular formula is C19H24N4O3S. The highest BCUT2D eigenvalue weighted by molar-refractivity contribution is 7.13. The molecule has 7 nitrogen and oxygen atoms in total. The molecule has 1 aliphatic carbocycles. The summed E-state index contributed by atoms with van der Waals surface area (Å²) in [5, 5.41) is 11.2. The Balaban J connectivity index is 1.57. The fourth-order valence-corrected chi connectivity index (χ4v) is 4.39. The van der Waals surface area contributed by atoms with Gasteiger partial charge < -0.3 is 14.4 Å². The van der Waals surface area contributed by atoms with E-state index in [2.05, 4.69) is 29.4 Å². The third-order valence-electron chi connectivity index (χ3n) is 5.69. The molecule has 4 rings (SSSR count). The molecule has 1 aliphatic heterocycles. The van der Waals surface area contributed by atoms with Crippen molar-refractivity contribution >= 4 is 22.5 Å². The number of benzene rings is 1. The van der Waals surface area contributed by atoms with Gasteiger partial charge in [0.15, 0.2) is 11.5 Å². The SMILES string of the molecule is CC1CCCC(N(Cc2ccc3c(c2)OCO3)C(=O)Nc2nncs2)C1C. The van der Waals surface area contributed by atoms with Gasteiger partial charge in [-0.3, -0.25) is 5.32 Å². The van der Waals surface area contributed by atoms with Gasteiger partial charge in [0.1, 0.15) is 5.51 Å². The van der Waals surface area contributed by atoms with Crippen molar-refractivity contribution in [1.82, 2.24) is 15.1 Å². The van der Waals surface area contributed by atoms with Crippen LogP contribution in [0, 0.1) is 11.8 Å². The summed E-state index contributed by atoms with van der Waals surface area (Å²) < 4.78 is 10.9. The van der Waals surface area contributed by atoms with Gasteiger partial charge in [0.05, 0.1) is 0 Å². The van der Waals surface area contributed by atoms with Crippen molar-refractivity contribution in [1.29, 1.82) is 0 Å². The van der Waals surface area contributed by atoms with Gasteiger partial charge in [-0.15, -0.1) is 10.2 Å². The van der Waals surface area contributed by atoms with Crippen molar-refractivity contribution in [2.24, 2.45) is 11.8 Å². The van der Waals surface area contributed by atoms with Crippen molar-refractivity contribution in [2.75, 3.05) is 12.1 Å². The first-order chi connectivity index (χ1) is 13.1.